The highest BCUT2D eigenvalue weighted by Crippen LogP contribution is 2.45. The fraction of sp³-hybridized carbons (Fsp3) is 0.824. The molecule has 7 heteroatoms. The van der Waals surface area contributed by atoms with Gasteiger partial charge in [-0.2, -0.15) is 4.31 Å². The molecular weight excluding hydrogens is 342 g/mol. The van der Waals surface area contributed by atoms with Gasteiger partial charge in [-0.15, -0.1) is 11.3 Å². The Morgan fingerprint density at radius 2 is 1.88 bits per heavy atom. The Hall–Kier alpha value is -0.500. The molecule has 1 spiro atoms. The first-order valence-corrected chi connectivity index (χ1v) is 11.4. The van der Waals surface area contributed by atoms with Crippen LogP contribution in [0.4, 0.5) is 0 Å². The van der Waals surface area contributed by atoms with Crippen molar-refractivity contribution in [2.45, 2.75) is 58.5 Å². The van der Waals surface area contributed by atoms with E-state index in [0.717, 1.165) is 51.0 Å². The predicted octanol–water partition coefficient (Wildman–Crippen LogP) is 2.87. The van der Waals surface area contributed by atoms with E-state index in [0.29, 0.717) is 6.54 Å². The van der Waals surface area contributed by atoms with E-state index in [1.807, 2.05) is 5.51 Å². The highest BCUT2D eigenvalue weighted by atomic mass is 32.2. The molecule has 0 N–H and O–H groups in total. The first kappa shape index (κ1) is 18.3. The van der Waals surface area contributed by atoms with Gasteiger partial charge in [-0.05, 0) is 65.0 Å². The van der Waals surface area contributed by atoms with Crippen LogP contribution in [0.5, 0.6) is 0 Å². The second kappa shape index (κ2) is 6.34. The van der Waals surface area contributed by atoms with Gasteiger partial charge in [-0.3, -0.25) is 4.90 Å². The van der Waals surface area contributed by atoms with Crippen LogP contribution in [-0.2, 0) is 16.6 Å². The molecule has 0 bridgehead atoms. The van der Waals surface area contributed by atoms with Gasteiger partial charge in [-0.1, -0.05) is 0 Å². The summed E-state index contributed by atoms with van der Waals surface area (Å²) in [5, 5.41) is 0. The molecule has 0 saturated carbocycles. The Morgan fingerprint density at radius 3 is 2.42 bits per heavy atom. The molecule has 3 heterocycles. The van der Waals surface area contributed by atoms with Crippen molar-refractivity contribution in [2.24, 2.45) is 5.41 Å². The molecule has 2 aliphatic rings. The van der Waals surface area contributed by atoms with Crippen molar-refractivity contribution in [2.75, 3.05) is 25.9 Å². The summed E-state index contributed by atoms with van der Waals surface area (Å²) < 4.78 is 26.3. The highest BCUT2D eigenvalue weighted by molar-refractivity contribution is 7.88. The van der Waals surface area contributed by atoms with E-state index in [9.17, 15) is 8.42 Å². The standard InChI is InChI=1S/C17H29N3O2S2/c1-14-15(23-13-18-14)11-19-9-7-17(8-10-19)6-5-16(2,3)20(12-17)24(4,21)22/h13H,5-12H2,1-4H3. The molecule has 3 rings (SSSR count). The monoisotopic (exact) mass is 371 g/mol. The van der Waals surface area contributed by atoms with Gasteiger partial charge in [0.15, 0.2) is 0 Å². The third kappa shape index (κ3) is 3.69. The summed E-state index contributed by atoms with van der Waals surface area (Å²) >= 11 is 1.73. The Kier molecular flexibility index (Phi) is 4.83. The molecular formula is C17H29N3O2S2. The summed E-state index contributed by atoms with van der Waals surface area (Å²) in [6.07, 6.45) is 5.63. The molecule has 0 radical (unpaired) electrons. The summed E-state index contributed by atoms with van der Waals surface area (Å²) in [4.78, 5) is 8.19. The van der Waals surface area contributed by atoms with E-state index in [2.05, 4.69) is 30.7 Å². The Labute approximate surface area is 150 Å². The van der Waals surface area contributed by atoms with Crippen molar-refractivity contribution in [3.63, 3.8) is 0 Å². The SMILES string of the molecule is Cc1ncsc1CN1CCC2(CC1)CCC(C)(C)N(S(C)(=O)=O)C2. The van der Waals surface area contributed by atoms with Crippen LogP contribution in [0.25, 0.3) is 0 Å². The van der Waals surface area contributed by atoms with Gasteiger partial charge in [-0.25, -0.2) is 13.4 Å². The molecule has 0 aliphatic carbocycles. The first-order valence-electron chi connectivity index (χ1n) is 8.71. The maximum atomic E-state index is 12.3. The van der Waals surface area contributed by atoms with Crippen LogP contribution in [0.1, 0.15) is 50.1 Å². The minimum absolute atomic E-state index is 0.165. The average molecular weight is 372 g/mol. The molecule has 0 amide bonds. The molecule has 5 nitrogen and oxygen atoms in total. The number of piperidine rings is 2. The van der Waals surface area contributed by atoms with Gasteiger partial charge in [0, 0.05) is 23.5 Å². The summed E-state index contributed by atoms with van der Waals surface area (Å²) in [5.74, 6) is 0. The first-order chi connectivity index (χ1) is 11.1. The lowest BCUT2D eigenvalue weighted by atomic mass is 9.69. The summed E-state index contributed by atoms with van der Waals surface area (Å²) in [7, 11) is -3.16. The number of nitrogens with zero attached hydrogens (tertiary/aromatic N) is 3. The quantitative estimate of drug-likeness (QED) is 0.820. The second-order valence-electron chi connectivity index (χ2n) is 8.22. The molecule has 2 aliphatic heterocycles. The van der Waals surface area contributed by atoms with Gasteiger partial charge < -0.3 is 0 Å². The second-order valence-corrected chi connectivity index (χ2v) is 11.1. The number of hydrogen-bond donors (Lipinski definition) is 0. The smallest absolute Gasteiger partial charge is 0.211 e. The van der Waals surface area contributed by atoms with E-state index in [1.54, 1.807) is 15.6 Å². The van der Waals surface area contributed by atoms with Gasteiger partial charge in [0.2, 0.25) is 10.0 Å². The predicted molar refractivity (Wildman–Crippen MR) is 98.7 cm³/mol. The molecule has 1 aromatic heterocycles. The Morgan fingerprint density at radius 1 is 1.21 bits per heavy atom. The van der Waals surface area contributed by atoms with Gasteiger partial charge in [0.05, 0.1) is 17.5 Å². The minimum Gasteiger partial charge on any atom is -0.298 e. The van der Waals surface area contributed by atoms with Crippen LogP contribution < -0.4 is 0 Å². The zero-order valence-electron chi connectivity index (χ0n) is 15.2. The van der Waals surface area contributed by atoms with Crippen LogP contribution in [0.15, 0.2) is 5.51 Å². The number of likely N-dealkylation sites (tertiary alicyclic amines) is 1. The van der Waals surface area contributed by atoms with Crippen molar-refractivity contribution >= 4 is 21.4 Å². The Bertz CT molecular complexity index is 688. The van der Waals surface area contributed by atoms with Crippen LogP contribution >= 0.6 is 11.3 Å². The van der Waals surface area contributed by atoms with Crippen molar-refractivity contribution in [1.82, 2.24) is 14.2 Å². The topological polar surface area (TPSA) is 53.5 Å². The zero-order chi connectivity index (χ0) is 17.6. The lowest BCUT2D eigenvalue weighted by molar-refractivity contribution is 0.00551. The minimum atomic E-state index is -3.16. The van der Waals surface area contributed by atoms with E-state index in [-0.39, 0.29) is 11.0 Å². The summed E-state index contributed by atoms with van der Waals surface area (Å²) in [5.41, 5.74) is 2.97. The third-order valence-corrected chi connectivity index (χ3v) is 8.29. The zero-order valence-corrected chi connectivity index (χ0v) is 16.8. The number of aromatic nitrogens is 1. The van der Waals surface area contributed by atoms with Crippen molar-refractivity contribution in [3.8, 4) is 0 Å². The largest absolute Gasteiger partial charge is 0.298 e. The third-order valence-electron chi connectivity index (χ3n) is 5.95. The van der Waals surface area contributed by atoms with Crippen LogP contribution in [0.3, 0.4) is 0 Å². The molecule has 0 atom stereocenters. The maximum absolute atomic E-state index is 12.3. The molecule has 2 saturated heterocycles. The molecule has 2 fully saturated rings. The lowest BCUT2D eigenvalue weighted by Crippen LogP contribution is -2.58. The van der Waals surface area contributed by atoms with Gasteiger partial charge >= 0.3 is 0 Å². The Balaban J connectivity index is 1.66. The number of rotatable bonds is 3. The van der Waals surface area contributed by atoms with Crippen LogP contribution in [0, 0.1) is 12.3 Å². The molecule has 0 unspecified atom stereocenters. The fourth-order valence-corrected chi connectivity index (χ4v) is 6.45. The highest BCUT2D eigenvalue weighted by Gasteiger charge is 2.47. The van der Waals surface area contributed by atoms with Crippen LogP contribution in [-0.4, -0.2) is 54.0 Å². The lowest BCUT2D eigenvalue weighted by Gasteiger charge is -2.52. The van der Waals surface area contributed by atoms with E-state index < -0.39 is 10.0 Å². The average Bonchev–Trinajstić information content (AvgIpc) is 2.89. The fourth-order valence-electron chi connectivity index (χ4n) is 4.13. The molecule has 1 aromatic rings. The van der Waals surface area contributed by atoms with E-state index >= 15 is 0 Å². The molecule has 0 aromatic carbocycles. The van der Waals surface area contributed by atoms with Crippen LogP contribution in [0.2, 0.25) is 0 Å². The van der Waals surface area contributed by atoms with Gasteiger partial charge in [0.25, 0.3) is 0 Å². The summed E-state index contributed by atoms with van der Waals surface area (Å²) in [6.45, 7) is 9.96. The number of sulfonamides is 1. The maximum Gasteiger partial charge on any atom is 0.211 e. The number of aryl methyl sites for hydroxylation is 1. The van der Waals surface area contributed by atoms with E-state index in [1.165, 1.54) is 11.1 Å². The summed E-state index contributed by atoms with van der Waals surface area (Å²) in [6, 6.07) is 0. The normalized spacial score (nSPS) is 25.2. The molecule has 136 valence electrons. The number of thiazole rings is 1. The van der Waals surface area contributed by atoms with E-state index in [4.69, 9.17) is 0 Å². The van der Waals surface area contributed by atoms with Crippen molar-refractivity contribution < 1.29 is 8.42 Å². The number of hydrogen-bond acceptors (Lipinski definition) is 5. The van der Waals surface area contributed by atoms with Gasteiger partial charge in [0.1, 0.15) is 0 Å². The van der Waals surface area contributed by atoms with Crippen molar-refractivity contribution in [1.29, 1.82) is 0 Å². The molecule has 24 heavy (non-hydrogen) atoms. The van der Waals surface area contributed by atoms with Crippen molar-refractivity contribution in [3.05, 3.63) is 16.1 Å².